The summed E-state index contributed by atoms with van der Waals surface area (Å²) in [5, 5.41) is 2.95. The lowest BCUT2D eigenvalue weighted by Crippen LogP contribution is -2.52. The van der Waals surface area contributed by atoms with Crippen LogP contribution in [-0.4, -0.2) is 43.8 Å². The molecule has 0 unspecified atom stereocenters. The van der Waals surface area contributed by atoms with Crippen molar-refractivity contribution in [3.8, 4) is 0 Å². The Morgan fingerprint density at radius 1 is 0.925 bits per heavy atom. The van der Waals surface area contributed by atoms with Crippen LogP contribution in [0.1, 0.15) is 43.7 Å². The molecule has 212 valence electrons. The maximum atomic E-state index is 15.0. The normalized spacial score (nSPS) is 14.5. The number of sulfonamides is 1. The maximum Gasteiger partial charge on any atom is 0.264 e. The molecule has 1 N–H and O–H groups in total. The molecule has 0 spiro atoms. The molecule has 4 rings (SSSR count). The molecule has 2 amide bonds. The number of nitrogens with zero attached hydrogens (tertiary/aromatic N) is 2. The number of hydrogen-bond acceptors (Lipinski definition) is 4. The highest BCUT2D eigenvalue weighted by Crippen LogP contribution is 2.27. The Labute approximate surface area is 233 Å². The fourth-order valence-corrected chi connectivity index (χ4v) is 6.21. The molecule has 1 atom stereocenters. The zero-order valence-corrected chi connectivity index (χ0v) is 23.3. The van der Waals surface area contributed by atoms with Crippen LogP contribution >= 0.6 is 0 Å². The fourth-order valence-electron chi connectivity index (χ4n) is 4.79. The highest BCUT2D eigenvalue weighted by Gasteiger charge is 2.34. The number of halogens is 2. The molecule has 40 heavy (non-hydrogen) atoms. The first kappa shape index (κ1) is 29.2. The maximum absolute atomic E-state index is 15.0. The third-order valence-corrected chi connectivity index (χ3v) is 8.95. The average Bonchev–Trinajstić information content (AvgIpc) is 3.44. The van der Waals surface area contributed by atoms with E-state index in [0.29, 0.717) is 4.31 Å². The number of nitrogens with one attached hydrogen (secondary N) is 1. The molecular formula is C30H33F2N3O4S. The van der Waals surface area contributed by atoms with E-state index < -0.39 is 46.1 Å². The Hall–Kier alpha value is -3.79. The minimum atomic E-state index is -4.40. The van der Waals surface area contributed by atoms with Crippen molar-refractivity contribution >= 4 is 27.5 Å². The van der Waals surface area contributed by atoms with Crippen molar-refractivity contribution in [2.45, 2.75) is 63.1 Å². The predicted molar refractivity (Wildman–Crippen MR) is 149 cm³/mol. The molecule has 0 aliphatic heterocycles. The number of carbonyl (C=O) groups is 2. The third kappa shape index (κ3) is 6.67. The molecule has 7 nitrogen and oxygen atoms in total. The van der Waals surface area contributed by atoms with Crippen LogP contribution in [0, 0.1) is 18.6 Å². The number of para-hydroxylation sites is 1. The van der Waals surface area contributed by atoms with Crippen LogP contribution in [0.4, 0.5) is 14.5 Å². The Morgan fingerprint density at radius 3 is 2.15 bits per heavy atom. The Balaban J connectivity index is 1.70. The van der Waals surface area contributed by atoms with E-state index in [9.17, 15) is 26.8 Å². The molecule has 0 aromatic heterocycles. The van der Waals surface area contributed by atoms with Gasteiger partial charge in [-0.05, 0) is 57.0 Å². The topological polar surface area (TPSA) is 86.8 Å². The highest BCUT2D eigenvalue weighted by atomic mass is 32.2. The average molecular weight is 570 g/mol. The van der Waals surface area contributed by atoms with E-state index in [4.69, 9.17) is 0 Å². The van der Waals surface area contributed by atoms with Crippen LogP contribution in [-0.2, 0) is 26.2 Å². The Bertz CT molecular complexity index is 1460. The summed E-state index contributed by atoms with van der Waals surface area (Å²) in [4.78, 5) is 28.1. The van der Waals surface area contributed by atoms with E-state index in [1.165, 1.54) is 55.5 Å². The summed E-state index contributed by atoms with van der Waals surface area (Å²) in [6.45, 7) is 2.24. The molecule has 0 bridgehead atoms. The van der Waals surface area contributed by atoms with Gasteiger partial charge in [-0.15, -0.1) is 0 Å². The van der Waals surface area contributed by atoms with Gasteiger partial charge in [-0.1, -0.05) is 60.9 Å². The number of hydrogen-bond donors (Lipinski definition) is 1. The standard InChI is InChI=1S/C30H33F2N3O4S/c1-21-15-17-25(18-16-21)40(38,39)35(28-14-8-7-13-27(28)32)20-29(36)34(19-23-9-3-6-12-26(23)31)22(2)30(37)33-24-10-4-5-11-24/h3,6-9,12-18,22,24H,4-5,10-11,19-20H2,1-2H3,(H,33,37)/t22-/m0/s1. The smallest absolute Gasteiger partial charge is 0.264 e. The molecule has 10 heteroatoms. The second-order valence-electron chi connectivity index (χ2n) is 10.1. The molecule has 1 saturated carbocycles. The zero-order chi connectivity index (χ0) is 28.9. The van der Waals surface area contributed by atoms with Gasteiger partial charge in [0.25, 0.3) is 10.0 Å². The summed E-state index contributed by atoms with van der Waals surface area (Å²) in [7, 11) is -4.40. The van der Waals surface area contributed by atoms with Gasteiger partial charge < -0.3 is 10.2 Å². The van der Waals surface area contributed by atoms with Crippen molar-refractivity contribution in [2.24, 2.45) is 0 Å². The molecule has 0 radical (unpaired) electrons. The number of anilines is 1. The van der Waals surface area contributed by atoms with Crippen molar-refractivity contribution in [3.05, 3.63) is 95.6 Å². The number of rotatable bonds is 10. The van der Waals surface area contributed by atoms with Crippen LogP contribution < -0.4 is 9.62 Å². The first-order valence-electron chi connectivity index (χ1n) is 13.2. The van der Waals surface area contributed by atoms with Gasteiger partial charge in [0.15, 0.2) is 0 Å². The predicted octanol–water partition coefficient (Wildman–Crippen LogP) is 4.94. The minimum Gasteiger partial charge on any atom is -0.352 e. The first-order valence-corrected chi connectivity index (χ1v) is 14.7. The quantitative estimate of drug-likeness (QED) is 0.375. The van der Waals surface area contributed by atoms with Crippen LogP contribution in [0.3, 0.4) is 0 Å². The van der Waals surface area contributed by atoms with Crippen LogP contribution in [0.15, 0.2) is 77.7 Å². The largest absolute Gasteiger partial charge is 0.352 e. The third-order valence-electron chi connectivity index (χ3n) is 7.18. The van der Waals surface area contributed by atoms with Crippen molar-refractivity contribution in [2.75, 3.05) is 10.8 Å². The lowest BCUT2D eigenvalue weighted by Gasteiger charge is -2.32. The summed E-state index contributed by atoms with van der Waals surface area (Å²) < 4.78 is 57.8. The summed E-state index contributed by atoms with van der Waals surface area (Å²) in [5.41, 5.74) is 0.672. The minimum absolute atomic E-state index is 0.0165. The summed E-state index contributed by atoms with van der Waals surface area (Å²) in [6.07, 6.45) is 3.64. The van der Waals surface area contributed by atoms with Gasteiger partial charge in [0.05, 0.1) is 10.6 Å². The van der Waals surface area contributed by atoms with Gasteiger partial charge in [0.2, 0.25) is 11.8 Å². The van der Waals surface area contributed by atoms with Crippen molar-refractivity contribution < 1.29 is 26.8 Å². The molecule has 0 heterocycles. The SMILES string of the molecule is Cc1ccc(S(=O)(=O)N(CC(=O)N(Cc2ccccc2F)[C@@H](C)C(=O)NC2CCCC2)c2ccccc2F)cc1. The van der Waals surface area contributed by atoms with E-state index in [1.54, 1.807) is 25.1 Å². The van der Waals surface area contributed by atoms with E-state index in [-0.39, 0.29) is 28.7 Å². The first-order chi connectivity index (χ1) is 19.1. The summed E-state index contributed by atoms with van der Waals surface area (Å²) in [5.74, 6) is -2.60. The lowest BCUT2D eigenvalue weighted by atomic mass is 10.1. The van der Waals surface area contributed by atoms with Gasteiger partial charge in [-0.3, -0.25) is 13.9 Å². The van der Waals surface area contributed by atoms with E-state index in [1.807, 2.05) is 0 Å². The monoisotopic (exact) mass is 569 g/mol. The van der Waals surface area contributed by atoms with Crippen molar-refractivity contribution in [1.29, 1.82) is 0 Å². The van der Waals surface area contributed by atoms with Crippen LogP contribution in [0.25, 0.3) is 0 Å². The molecule has 3 aromatic carbocycles. The van der Waals surface area contributed by atoms with Crippen molar-refractivity contribution in [1.82, 2.24) is 10.2 Å². The molecule has 3 aromatic rings. The van der Waals surface area contributed by atoms with Gasteiger partial charge >= 0.3 is 0 Å². The van der Waals surface area contributed by atoms with Gasteiger partial charge in [-0.25, -0.2) is 17.2 Å². The van der Waals surface area contributed by atoms with E-state index >= 15 is 0 Å². The number of benzene rings is 3. The second-order valence-corrected chi connectivity index (χ2v) is 11.9. The van der Waals surface area contributed by atoms with E-state index in [2.05, 4.69) is 5.32 Å². The fraction of sp³-hybridized carbons (Fsp3) is 0.333. The summed E-state index contributed by atoms with van der Waals surface area (Å²) in [6, 6.07) is 16.0. The summed E-state index contributed by atoms with van der Waals surface area (Å²) >= 11 is 0. The lowest BCUT2D eigenvalue weighted by molar-refractivity contribution is -0.139. The second kappa shape index (κ2) is 12.6. The van der Waals surface area contributed by atoms with Crippen molar-refractivity contribution in [3.63, 3.8) is 0 Å². The van der Waals surface area contributed by atoms with Crippen LogP contribution in [0.2, 0.25) is 0 Å². The highest BCUT2D eigenvalue weighted by molar-refractivity contribution is 7.92. The van der Waals surface area contributed by atoms with Gasteiger partial charge in [-0.2, -0.15) is 0 Å². The Morgan fingerprint density at radius 2 is 1.52 bits per heavy atom. The number of amides is 2. The van der Waals surface area contributed by atoms with E-state index in [0.717, 1.165) is 42.2 Å². The van der Waals surface area contributed by atoms with Crippen LogP contribution in [0.5, 0.6) is 0 Å². The molecular weight excluding hydrogens is 536 g/mol. The molecule has 1 aliphatic rings. The van der Waals surface area contributed by atoms with Gasteiger partial charge in [0, 0.05) is 18.2 Å². The Kier molecular flexibility index (Phi) is 9.19. The molecule has 0 saturated heterocycles. The van der Waals surface area contributed by atoms with Gasteiger partial charge in [0.1, 0.15) is 24.2 Å². The number of carbonyl (C=O) groups excluding carboxylic acids is 2. The number of aryl methyl sites for hydroxylation is 1. The molecule has 1 aliphatic carbocycles. The molecule has 1 fully saturated rings. The zero-order valence-electron chi connectivity index (χ0n) is 22.5.